The summed E-state index contributed by atoms with van der Waals surface area (Å²) in [4.78, 5) is 18.0. The molecule has 1 aromatic heterocycles. The van der Waals surface area contributed by atoms with Crippen molar-refractivity contribution in [3.63, 3.8) is 0 Å². The van der Waals surface area contributed by atoms with Crippen molar-refractivity contribution < 1.29 is 14.3 Å². The Labute approximate surface area is 130 Å². The van der Waals surface area contributed by atoms with Crippen LogP contribution in [0.1, 0.15) is 16.1 Å². The van der Waals surface area contributed by atoms with Crippen molar-refractivity contribution in [2.75, 3.05) is 27.3 Å². The van der Waals surface area contributed by atoms with Crippen LogP contribution in [-0.2, 0) is 0 Å². The van der Waals surface area contributed by atoms with Crippen LogP contribution in [-0.4, -0.2) is 43.1 Å². The first-order chi connectivity index (χ1) is 10.6. The summed E-state index contributed by atoms with van der Waals surface area (Å²) >= 11 is 0. The Bertz CT molecular complexity index is 609. The maximum Gasteiger partial charge on any atom is 0.255 e. The summed E-state index contributed by atoms with van der Waals surface area (Å²) in [5, 5.41) is 0. The van der Waals surface area contributed by atoms with E-state index in [1.165, 1.54) is 0 Å². The van der Waals surface area contributed by atoms with Gasteiger partial charge in [-0.2, -0.15) is 0 Å². The van der Waals surface area contributed by atoms with Gasteiger partial charge in [-0.25, -0.2) is 0 Å². The van der Waals surface area contributed by atoms with Crippen molar-refractivity contribution >= 4 is 5.91 Å². The second-order valence-electron chi connectivity index (χ2n) is 4.94. The summed E-state index contributed by atoms with van der Waals surface area (Å²) in [5.74, 6) is 1.47. The molecule has 0 bridgehead atoms. The van der Waals surface area contributed by atoms with E-state index in [2.05, 4.69) is 4.98 Å². The quantitative estimate of drug-likeness (QED) is 0.822. The second-order valence-corrected chi connectivity index (χ2v) is 4.94. The maximum absolute atomic E-state index is 12.2. The zero-order valence-corrected chi connectivity index (χ0v) is 13.1. The largest absolute Gasteiger partial charge is 0.497 e. The number of hydrogen-bond donors (Lipinski definition) is 0. The van der Waals surface area contributed by atoms with E-state index >= 15 is 0 Å². The lowest BCUT2D eigenvalue weighted by molar-refractivity contribution is 0.0773. The third kappa shape index (κ3) is 4.22. The third-order valence-electron chi connectivity index (χ3n) is 3.26. The molecule has 5 nitrogen and oxygen atoms in total. The van der Waals surface area contributed by atoms with Crippen molar-refractivity contribution in [3.8, 4) is 11.5 Å². The monoisotopic (exact) mass is 300 g/mol. The molecule has 0 atom stereocenters. The van der Waals surface area contributed by atoms with E-state index in [1.807, 2.05) is 37.3 Å². The summed E-state index contributed by atoms with van der Waals surface area (Å²) < 4.78 is 10.7. The van der Waals surface area contributed by atoms with Crippen molar-refractivity contribution in [2.45, 2.75) is 6.92 Å². The van der Waals surface area contributed by atoms with Gasteiger partial charge in [0, 0.05) is 18.9 Å². The number of nitrogens with zero attached hydrogens (tertiary/aromatic N) is 2. The number of methoxy groups -OCH3 is 1. The molecule has 2 aromatic rings. The minimum absolute atomic E-state index is 0.0640. The first-order valence-corrected chi connectivity index (χ1v) is 7.05. The number of rotatable bonds is 6. The number of aryl methyl sites for hydroxylation is 1. The molecule has 0 saturated heterocycles. The first-order valence-electron chi connectivity index (χ1n) is 7.05. The molecule has 0 spiro atoms. The van der Waals surface area contributed by atoms with Gasteiger partial charge in [-0.15, -0.1) is 0 Å². The van der Waals surface area contributed by atoms with E-state index in [9.17, 15) is 4.79 Å². The second kappa shape index (κ2) is 7.45. The zero-order chi connectivity index (χ0) is 15.9. The highest BCUT2D eigenvalue weighted by Crippen LogP contribution is 2.16. The molecule has 0 saturated carbocycles. The van der Waals surface area contributed by atoms with Gasteiger partial charge in [-0.05, 0) is 43.3 Å². The summed E-state index contributed by atoms with van der Waals surface area (Å²) in [5.41, 5.74) is 1.47. The van der Waals surface area contributed by atoms with Crippen LogP contribution in [0.4, 0.5) is 0 Å². The Morgan fingerprint density at radius 1 is 1.14 bits per heavy atom. The highest BCUT2D eigenvalue weighted by Gasteiger charge is 2.11. The number of pyridine rings is 1. The lowest BCUT2D eigenvalue weighted by Gasteiger charge is -2.17. The summed E-state index contributed by atoms with van der Waals surface area (Å²) in [6.07, 6.45) is 1.60. The van der Waals surface area contributed by atoms with Crippen molar-refractivity contribution in [1.82, 2.24) is 9.88 Å². The molecule has 0 N–H and O–H groups in total. The van der Waals surface area contributed by atoms with E-state index in [1.54, 1.807) is 31.3 Å². The van der Waals surface area contributed by atoms with Gasteiger partial charge < -0.3 is 14.4 Å². The van der Waals surface area contributed by atoms with Gasteiger partial charge >= 0.3 is 0 Å². The van der Waals surface area contributed by atoms with Gasteiger partial charge in [-0.3, -0.25) is 9.78 Å². The molecule has 2 rings (SSSR count). The lowest BCUT2D eigenvalue weighted by atomic mass is 10.2. The summed E-state index contributed by atoms with van der Waals surface area (Å²) in [7, 11) is 3.37. The number of ether oxygens (including phenoxy) is 2. The average molecular weight is 300 g/mol. The number of amides is 1. The number of carbonyl (C=O) groups excluding carboxylic acids is 1. The fourth-order valence-electron chi connectivity index (χ4n) is 1.89. The van der Waals surface area contributed by atoms with Gasteiger partial charge in [0.2, 0.25) is 0 Å². The number of aromatic nitrogens is 1. The normalized spacial score (nSPS) is 10.1. The summed E-state index contributed by atoms with van der Waals surface area (Å²) in [6.45, 7) is 2.81. The van der Waals surface area contributed by atoms with Crippen LogP contribution in [0.2, 0.25) is 0 Å². The predicted octanol–water partition coefficient (Wildman–Crippen LogP) is 2.55. The topological polar surface area (TPSA) is 51.7 Å². The van der Waals surface area contributed by atoms with Crippen LogP contribution in [0.15, 0.2) is 42.6 Å². The molecule has 22 heavy (non-hydrogen) atoms. The highest BCUT2D eigenvalue weighted by atomic mass is 16.5. The molecular formula is C17H20N2O3. The van der Waals surface area contributed by atoms with Crippen LogP contribution >= 0.6 is 0 Å². The van der Waals surface area contributed by atoms with Crippen LogP contribution in [0.25, 0.3) is 0 Å². The molecule has 0 fully saturated rings. The van der Waals surface area contributed by atoms with Crippen molar-refractivity contribution in [1.29, 1.82) is 0 Å². The average Bonchev–Trinajstić information content (AvgIpc) is 2.55. The van der Waals surface area contributed by atoms with Gasteiger partial charge in [-0.1, -0.05) is 0 Å². The smallest absolute Gasteiger partial charge is 0.255 e. The van der Waals surface area contributed by atoms with E-state index < -0.39 is 0 Å². The maximum atomic E-state index is 12.2. The molecule has 0 aliphatic carbocycles. The molecule has 1 heterocycles. The summed E-state index contributed by atoms with van der Waals surface area (Å²) in [6, 6.07) is 11.0. The van der Waals surface area contributed by atoms with Crippen molar-refractivity contribution in [2.24, 2.45) is 0 Å². The predicted molar refractivity (Wildman–Crippen MR) is 84.4 cm³/mol. The minimum Gasteiger partial charge on any atom is -0.497 e. The Balaban J connectivity index is 1.82. The Morgan fingerprint density at radius 2 is 1.82 bits per heavy atom. The number of carbonyl (C=O) groups is 1. The first kappa shape index (κ1) is 15.8. The highest BCUT2D eigenvalue weighted by molar-refractivity contribution is 5.93. The molecule has 5 heteroatoms. The molecule has 0 aliphatic heterocycles. The molecular weight excluding hydrogens is 280 g/mol. The van der Waals surface area contributed by atoms with Crippen molar-refractivity contribution in [3.05, 3.63) is 53.9 Å². The lowest BCUT2D eigenvalue weighted by Crippen LogP contribution is -2.30. The Morgan fingerprint density at radius 3 is 2.41 bits per heavy atom. The Kier molecular flexibility index (Phi) is 5.36. The number of hydrogen-bond acceptors (Lipinski definition) is 4. The van der Waals surface area contributed by atoms with Gasteiger partial charge in [0.15, 0.2) is 0 Å². The fourth-order valence-corrected chi connectivity index (χ4v) is 1.89. The SMILES string of the molecule is COc1ccc(OCCN(C)C(=O)c2ccc(C)nc2)cc1. The van der Waals surface area contributed by atoms with Crippen LogP contribution in [0.5, 0.6) is 11.5 Å². The molecule has 1 amide bonds. The van der Waals surface area contributed by atoms with Gasteiger partial charge in [0.05, 0.1) is 19.2 Å². The fraction of sp³-hybridized carbons (Fsp3) is 0.294. The van der Waals surface area contributed by atoms with E-state index in [-0.39, 0.29) is 5.91 Å². The van der Waals surface area contributed by atoms with Crippen LogP contribution in [0, 0.1) is 6.92 Å². The minimum atomic E-state index is -0.0640. The van der Waals surface area contributed by atoms with Gasteiger partial charge in [0.25, 0.3) is 5.91 Å². The molecule has 116 valence electrons. The van der Waals surface area contributed by atoms with Crippen LogP contribution in [0.3, 0.4) is 0 Å². The Hall–Kier alpha value is -2.56. The molecule has 0 aliphatic rings. The van der Waals surface area contributed by atoms with Gasteiger partial charge in [0.1, 0.15) is 18.1 Å². The van der Waals surface area contributed by atoms with E-state index in [0.29, 0.717) is 18.7 Å². The standard InChI is InChI=1S/C17H20N2O3/c1-13-4-5-14(12-18-13)17(20)19(2)10-11-22-16-8-6-15(21-3)7-9-16/h4-9,12H,10-11H2,1-3H3. The number of likely N-dealkylation sites (N-methyl/N-ethyl adjacent to an activating group) is 1. The van der Waals surface area contributed by atoms with E-state index in [0.717, 1.165) is 17.2 Å². The zero-order valence-electron chi connectivity index (χ0n) is 13.1. The third-order valence-corrected chi connectivity index (χ3v) is 3.26. The van der Waals surface area contributed by atoms with Crippen LogP contribution < -0.4 is 9.47 Å². The number of benzene rings is 1. The molecule has 1 aromatic carbocycles. The van der Waals surface area contributed by atoms with E-state index in [4.69, 9.17) is 9.47 Å². The molecule has 0 unspecified atom stereocenters. The molecule has 0 radical (unpaired) electrons.